The van der Waals surface area contributed by atoms with Gasteiger partial charge in [-0.05, 0) is 6.92 Å². The maximum atomic E-state index is 12.7. The van der Waals surface area contributed by atoms with Gasteiger partial charge in [0.15, 0.2) is 5.54 Å². The first kappa shape index (κ1) is 16.7. The Hall–Kier alpha value is -1.63. The SMILES string of the molecule is CCOC(=O)C1CC2(C(=O)OC)COC(C(C)(C)C)N2C1=O. The summed E-state index contributed by atoms with van der Waals surface area (Å²) in [7, 11) is 1.27. The number of amides is 1. The van der Waals surface area contributed by atoms with Gasteiger partial charge in [-0.15, -0.1) is 0 Å². The number of nitrogens with zero attached hydrogens (tertiary/aromatic N) is 1. The summed E-state index contributed by atoms with van der Waals surface area (Å²) in [6.45, 7) is 7.63. The largest absolute Gasteiger partial charge is 0.467 e. The summed E-state index contributed by atoms with van der Waals surface area (Å²) < 4.78 is 15.6. The summed E-state index contributed by atoms with van der Waals surface area (Å²) in [5.41, 5.74) is -1.63. The number of rotatable bonds is 3. The smallest absolute Gasteiger partial charge is 0.334 e. The van der Waals surface area contributed by atoms with Gasteiger partial charge in [0.1, 0.15) is 12.1 Å². The van der Waals surface area contributed by atoms with Gasteiger partial charge in [-0.2, -0.15) is 0 Å². The van der Waals surface area contributed by atoms with Crippen molar-refractivity contribution in [1.82, 2.24) is 4.90 Å². The minimum Gasteiger partial charge on any atom is -0.467 e. The second-order valence-corrected chi connectivity index (χ2v) is 6.77. The summed E-state index contributed by atoms with van der Waals surface area (Å²) in [5.74, 6) is -2.56. The molecule has 0 spiro atoms. The lowest BCUT2D eigenvalue weighted by molar-refractivity contribution is -0.160. The molecule has 0 aliphatic carbocycles. The highest BCUT2D eigenvalue weighted by Crippen LogP contribution is 2.46. The van der Waals surface area contributed by atoms with Gasteiger partial charge in [-0.3, -0.25) is 14.5 Å². The van der Waals surface area contributed by atoms with E-state index in [9.17, 15) is 14.4 Å². The first-order valence-corrected chi connectivity index (χ1v) is 7.39. The van der Waals surface area contributed by atoms with Gasteiger partial charge in [0.2, 0.25) is 5.91 Å². The van der Waals surface area contributed by atoms with Crippen LogP contribution in [0, 0.1) is 11.3 Å². The third-order valence-electron chi connectivity index (χ3n) is 4.13. The van der Waals surface area contributed by atoms with Crippen molar-refractivity contribution in [2.24, 2.45) is 11.3 Å². The van der Waals surface area contributed by atoms with Gasteiger partial charge < -0.3 is 14.2 Å². The first-order chi connectivity index (χ1) is 10.2. The van der Waals surface area contributed by atoms with Gasteiger partial charge in [-0.1, -0.05) is 20.8 Å². The van der Waals surface area contributed by atoms with E-state index in [1.807, 2.05) is 20.8 Å². The zero-order valence-electron chi connectivity index (χ0n) is 13.7. The van der Waals surface area contributed by atoms with Crippen LogP contribution in [0.3, 0.4) is 0 Å². The fourth-order valence-corrected chi connectivity index (χ4v) is 3.16. The van der Waals surface area contributed by atoms with Crippen LogP contribution >= 0.6 is 0 Å². The average molecular weight is 313 g/mol. The lowest BCUT2D eigenvalue weighted by Gasteiger charge is -2.36. The highest BCUT2D eigenvalue weighted by molar-refractivity contribution is 6.04. The van der Waals surface area contributed by atoms with Crippen molar-refractivity contribution in [2.45, 2.75) is 45.9 Å². The Bertz CT molecular complexity index is 497. The molecule has 124 valence electrons. The number of ether oxygens (including phenoxy) is 3. The molecule has 7 heteroatoms. The van der Waals surface area contributed by atoms with E-state index in [2.05, 4.69) is 0 Å². The lowest BCUT2D eigenvalue weighted by atomic mass is 9.91. The monoisotopic (exact) mass is 313 g/mol. The molecule has 2 aliphatic rings. The van der Waals surface area contributed by atoms with Crippen LogP contribution in [-0.4, -0.2) is 54.8 Å². The third kappa shape index (κ3) is 2.37. The fourth-order valence-electron chi connectivity index (χ4n) is 3.16. The molecule has 7 nitrogen and oxygen atoms in total. The number of hydrogen-bond acceptors (Lipinski definition) is 6. The van der Waals surface area contributed by atoms with Crippen molar-refractivity contribution < 1.29 is 28.6 Å². The zero-order chi connectivity index (χ0) is 16.7. The molecule has 1 amide bonds. The maximum Gasteiger partial charge on any atom is 0.334 e. The molecule has 0 saturated carbocycles. The second kappa shape index (κ2) is 5.53. The number of hydrogen-bond donors (Lipinski definition) is 0. The van der Waals surface area contributed by atoms with Crippen molar-refractivity contribution in [1.29, 1.82) is 0 Å². The van der Waals surface area contributed by atoms with Gasteiger partial charge in [0.05, 0.1) is 20.3 Å². The Balaban J connectivity index is 2.41. The highest BCUT2D eigenvalue weighted by atomic mass is 16.6. The maximum absolute atomic E-state index is 12.7. The zero-order valence-corrected chi connectivity index (χ0v) is 13.7. The molecular formula is C15H23NO6. The molecule has 0 aromatic carbocycles. The van der Waals surface area contributed by atoms with Gasteiger partial charge in [-0.25, -0.2) is 4.79 Å². The van der Waals surface area contributed by atoms with Crippen LogP contribution in [0.4, 0.5) is 0 Å². The number of methoxy groups -OCH3 is 1. The molecule has 3 atom stereocenters. The minimum atomic E-state index is -1.23. The van der Waals surface area contributed by atoms with Crippen molar-refractivity contribution in [3.05, 3.63) is 0 Å². The number of carbonyl (C=O) groups is 3. The highest BCUT2D eigenvalue weighted by Gasteiger charge is 2.66. The van der Waals surface area contributed by atoms with E-state index < -0.39 is 40.9 Å². The van der Waals surface area contributed by atoms with E-state index in [1.54, 1.807) is 6.92 Å². The van der Waals surface area contributed by atoms with E-state index in [1.165, 1.54) is 12.0 Å². The second-order valence-electron chi connectivity index (χ2n) is 6.77. The summed E-state index contributed by atoms with van der Waals surface area (Å²) in [5, 5.41) is 0. The van der Waals surface area contributed by atoms with E-state index in [-0.39, 0.29) is 19.6 Å². The normalized spacial score (nSPS) is 31.1. The third-order valence-corrected chi connectivity index (χ3v) is 4.13. The average Bonchev–Trinajstić information content (AvgIpc) is 2.95. The lowest BCUT2D eigenvalue weighted by Crippen LogP contribution is -2.54. The molecule has 2 fully saturated rings. The van der Waals surface area contributed by atoms with Crippen LogP contribution in [-0.2, 0) is 28.6 Å². The standard InChI is InChI=1S/C15H23NO6/c1-6-21-11(18)9-7-15(13(19)20-5)8-22-12(14(2,3)4)16(15)10(9)17/h9,12H,6-8H2,1-5H3. The van der Waals surface area contributed by atoms with Gasteiger partial charge in [0.25, 0.3) is 0 Å². The molecule has 0 bridgehead atoms. The molecule has 2 rings (SSSR count). The Kier molecular flexibility index (Phi) is 4.21. The van der Waals surface area contributed by atoms with Crippen LogP contribution in [0.2, 0.25) is 0 Å². The van der Waals surface area contributed by atoms with Crippen molar-refractivity contribution in [2.75, 3.05) is 20.3 Å². The predicted molar refractivity (Wildman–Crippen MR) is 75.5 cm³/mol. The van der Waals surface area contributed by atoms with Crippen molar-refractivity contribution >= 4 is 17.8 Å². The molecule has 0 aromatic heterocycles. The molecule has 0 N–H and O–H groups in total. The van der Waals surface area contributed by atoms with Crippen molar-refractivity contribution in [3.63, 3.8) is 0 Å². The van der Waals surface area contributed by atoms with Crippen LogP contribution < -0.4 is 0 Å². The van der Waals surface area contributed by atoms with Gasteiger partial charge >= 0.3 is 11.9 Å². The topological polar surface area (TPSA) is 82.1 Å². The van der Waals surface area contributed by atoms with E-state index in [0.717, 1.165) is 0 Å². The first-order valence-electron chi connectivity index (χ1n) is 7.39. The van der Waals surface area contributed by atoms with Crippen LogP contribution in [0.5, 0.6) is 0 Å². The van der Waals surface area contributed by atoms with Crippen LogP contribution in [0.25, 0.3) is 0 Å². The molecule has 0 radical (unpaired) electrons. The Morgan fingerprint density at radius 1 is 1.41 bits per heavy atom. The molecule has 2 heterocycles. The summed E-state index contributed by atoms with van der Waals surface area (Å²) in [6.07, 6.45) is -0.553. The van der Waals surface area contributed by atoms with Gasteiger partial charge in [0, 0.05) is 11.8 Å². The molecule has 2 aliphatic heterocycles. The molecular weight excluding hydrogens is 290 g/mol. The summed E-state index contributed by atoms with van der Waals surface area (Å²) in [6, 6.07) is 0. The molecule has 0 aromatic rings. The van der Waals surface area contributed by atoms with E-state index >= 15 is 0 Å². The molecule has 3 unspecified atom stereocenters. The minimum absolute atomic E-state index is 0.0310. The predicted octanol–water partition coefficient (Wildman–Crippen LogP) is 0.712. The summed E-state index contributed by atoms with van der Waals surface area (Å²) >= 11 is 0. The number of esters is 2. The number of fused-ring (bicyclic) bond motifs is 1. The van der Waals surface area contributed by atoms with E-state index in [4.69, 9.17) is 14.2 Å². The quantitative estimate of drug-likeness (QED) is 0.564. The molecule has 2 saturated heterocycles. The summed E-state index contributed by atoms with van der Waals surface area (Å²) in [4.78, 5) is 38.5. The van der Waals surface area contributed by atoms with Crippen LogP contribution in [0.15, 0.2) is 0 Å². The Morgan fingerprint density at radius 3 is 2.55 bits per heavy atom. The van der Waals surface area contributed by atoms with Crippen LogP contribution in [0.1, 0.15) is 34.1 Å². The number of carbonyl (C=O) groups excluding carboxylic acids is 3. The fraction of sp³-hybridized carbons (Fsp3) is 0.800. The Labute approximate surface area is 129 Å². The Morgan fingerprint density at radius 2 is 2.05 bits per heavy atom. The molecule has 22 heavy (non-hydrogen) atoms. The van der Waals surface area contributed by atoms with E-state index in [0.29, 0.717) is 0 Å². The van der Waals surface area contributed by atoms with Crippen molar-refractivity contribution in [3.8, 4) is 0 Å².